The molecule has 0 radical (unpaired) electrons. The number of amides is 2. The van der Waals surface area contributed by atoms with Crippen LogP contribution in [0.4, 0.5) is 4.79 Å². The van der Waals surface area contributed by atoms with E-state index in [9.17, 15) is 4.79 Å². The van der Waals surface area contributed by atoms with Gasteiger partial charge >= 0.3 is 6.03 Å². The minimum absolute atomic E-state index is 0.0353. The summed E-state index contributed by atoms with van der Waals surface area (Å²) in [5, 5.41) is 5.80. The smallest absolute Gasteiger partial charge is 0.315 e. The van der Waals surface area contributed by atoms with E-state index < -0.39 is 0 Å². The first-order valence-electron chi connectivity index (χ1n) is 6.27. The third-order valence-corrected chi connectivity index (χ3v) is 4.01. The second-order valence-electron chi connectivity index (χ2n) is 5.07. The van der Waals surface area contributed by atoms with Crippen LogP contribution in [0.15, 0.2) is 0 Å². The van der Waals surface area contributed by atoms with Crippen molar-refractivity contribution in [3.8, 4) is 0 Å². The highest BCUT2D eigenvalue weighted by Crippen LogP contribution is 2.37. The minimum atomic E-state index is -0.157. The minimum Gasteiger partial charge on any atom is -0.379 e. The number of hydrogen-bond donors (Lipinski definition) is 3. The Balaban J connectivity index is 1.48. The van der Waals surface area contributed by atoms with Crippen molar-refractivity contribution in [3.63, 3.8) is 0 Å². The number of carbonyl (C=O) groups is 1. The number of urea groups is 1. The zero-order valence-electron chi connectivity index (χ0n) is 9.72. The third kappa shape index (κ3) is 2.00. The fraction of sp³-hybridized carbons (Fsp3) is 0.909. The molecule has 3 rings (SSSR count). The molecule has 1 aliphatic carbocycles. The summed E-state index contributed by atoms with van der Waals surface area (Å²) in [7, 11) is 0. The van der Waals surface area contributed by atoms with Gasteiger partial charge in [-0.1, -0.05) is 0 Å². The maximum Gasteiger partial charge on any atom is 0.315 e. The van der Waals surface area contributed by atoms with E-state index in [4.69, 9.17) is 15.2 Å². The Labute approximate surface area is 100 Å². The maximum atomic E-state index is 11.7. The number of fused-ring (bicyclic) bond motifs is 1. The Hall–Kier alpha value is -0.850. The molecule has 0 aromatic carbocycles. The Bertz CT molecular complexity index is 306. The van der Waals surface area contributed by atoms with Crippen LogP contribution in [-0.4, -0.2) is 50.1 Å². The van der Waals surface area contributed by atoms with Crippen molar-refractivity contribution < 1.29 is 14.3 Å². The molecule has 3 aliphatic rings. The van der Waals surface area contributed by atoms with Crippen molar-refractivity contribution in [1.29, 1.82) is 0 Å². The molecule has 6 nitrogen and oxygen atoms in total. The first kappa shape index (κ1) is 11.3. The van der Waals surface area contributed by atoms with E-state index in [0.29, 0.717) is 12.5 Å². The molecule has 17 heavy (non-hydrogen) atoms. The molecule has 4 N–H and O–H groups in total. The van der Waals surface area contributed by atoms with Gasteiger partial charge in [0.15, 0.2) is 0 Å². The molecule has 1 saturated carbocycles. The highest BCUT2D eigenvalue weighted by molar-refractivity contribution is 5.75. The van der Waals surface area contributed by atoms with Crippen LogP contribution in [0.2, 0.25) is 0 Å². The fourth-order valence-electron chi connectivity index (χ4n) is 2.95. The molecule has 0 bridgehead atoms. The van der Waals surface area contributed by atoms with Crippen LogP contribution in [-0.2, 0) is 9.47 Å². The molecule has 2 saturated heterocycles. The third-order valence-electron chi connectivity index (χ3n) is 4.01. The lowest BCUT2D eigenvalue weighted by atomic mass is 9.72. The second kappa shape index (κ2) is 4.44. The van der Waals surface area contributed by atoms with Crippen molar-refractivity contribution in [2.24, 2.45) is 11.7 Å². The summed E-state index contributed by atoms with van der Waals surface area (Å²) in [5.41, 5.74) is 6.02. The maximum absolute atomic E-state index is 11.7. The summed E-state index contributed by atoms with van der Waals surface area (Å²) in [6, 6.07) is -0.0283. The van der Waals surface area contributed by atoms with Gasteiger partial charge in [0.05, 0.1) is 24.8 Å². The van der Waals surface area contributed by atoms with E-state index in [1.54, 1.807) is 0 Å². The summed E-state index contributed by atoms with van der Waals surface area (Å²) < 4.78 is 10.8. The summed E-state index contributed by atoms with van der Waals surface area (Å²) in [6.07, 6.45) is 2.02. The molecule has 96 valence electrons. The van der Waals surface area contributed by atoms with Crippen molar-refractivity contribution >= 4 is 6.03 Å². The van der Waals surface area contributed by atoms with Crippen LogP contribution in [0.3, 0.4) is 0 Å². The van der Waals surface area contributed by atoms with Crippen LogP contribution in [0, 0.1) is 5.92 Å². The van der Waals surface area contributed by atoms with Crippen LogP contribution < -0.4 is 16.4 Å². The lowest BCUT2D eigenvalue weighted by Crippen LogP contribution is -2.70. The van der Waals surface area contributed by atoms with Crippen molar-refractivity contribution in [2.45, 2.75) is 37.1 Å². The molecule has 6 heteroatoms. The van der Waals surface area contributed by atoms with Crippen LogP contribution in [0.1, 0.15) is 12.8 Å². The summed E-state index contributed by atoms with van der Waals surface area (Å²) >= 11 is 0. The first-order chi connectivity index (χ1) is 8.25. The lowest BCUT2D eigenvalue weighted by molar-refractivity contribution is -0.0136. The SMILES string of the molecule is NC1C2CCOC2C1NC(=O)NC1CCOC1. The molecule has 2 amide bonds. The van der Waals surface area contributed by atoms with Gasteiger partial charge in [-0.3, -0.25) is 0 Å². The van der Waals surface area contributed by atoms with Gasteiger partial charge in [0.2, 0.25) is 0 Å². The lowest BCUT2D eigenvalue weighted by Gasteiger charge is -2.45. The van der Waals surface area contributed by atoms with Gasteiger partial charge in [-0.15, -0.1) is 0 Å². The Morgan fingerprint density at radius 1 is 1.24 bits per heavy atom. The van der Waals surface area contributed by atoms with Crippen LogP contribution in [0.5, 0.6) is 0 Å². The van der Waals surface area contributed by atoms with Gasteiger partial charge in [-0.2, -0.15) is 0 Å². The molecule has 5 atom stereocenters. The number of carbonyl (C=O) groups excluding carboxylic acids is 1. The molecule has 2 aliphatic heterocycles. The van der Waals surface area contributed by atoms with E-state index in [1.165, 1.54) is 0 Å². The highest BCUT2D eigenvalue weighted by atomic mass is 16.5. The van der Waals surface area contributed by atoms with Crippen molar-refractivity contribution in [3.05, 3.63) is 0 Å². The average Bonchev–Trinajstić information content (AvgIpc) is 2.94. The van der Waals surface area contributed by atoms with Gasteiger partial charge in [-0.25, -0.2) is 4.79 Å². The zero-order chi connectivity index (χ0) is 11.8. The molecule has 3 fully saturated rings. The predicted octanol–water partition coefficient (Wildman–Crippen LogP) is -0.811. The monoisotopic (exact) mass is 241 g/mol. The fourth-order valence-corrected chi connectivity index (χ4v) is 2.95. The zero-order valence-corrected chi connectivity index (χ0v) is 9.72. The Morgan fingerprint density at radius 2 is 2.12 bits per heavy atom. The molecule has 0 aromatic rings. The number of ether oxygens (including phenoxy) is 2. The molecular formula is C11H19N3O3. The predicted molar refractivity (Wildman–Crippen MR) is 60.5 cm³/mol. The van der Waals surface area contributed by atoms with E-state index >= 15 is 0 Å². The molecule has 5 unspecified atom stereocenters. The van der Waals surface area contributed by atoms with E-state index in [0.717, 1.165) is 26.1 Å². The Kier molecular flexibility index (Phi) is 2.94. The van der Waals surface area contributed by atoms with Crippen molar-refractivity contribution in [1.82, 2.24) is 10.6 Å². The van der Waals surface area contributed by atoms with E-state index in [1.807, 2.05) is 0 Å². The standard InChI is InChI=1S/C11H19N3O3/c12-8-7-2-4-17-10(7)9(8)14-11(15)13-6-1-3-16-5-6/h6-10H,1-5,12H2,(H2,13,14,15). The van der Waals surface area contributed by atoms with Crippen LogP contribution >= 0.6 is 0 Å². The normalized spacial score (nSPS) is 43.9. The summed E-state index contributed by atoms with van der Waals surface area (Å²) in [4.78, 5) is 11.7. The van der Waals surface area contributed by atoms with Gasteiger partial charge < -0.3 is 25.8 Å². The quantitative estimate of drug-likeness (QED) is 0.590. The average molecular weight is 241 g/mol. The van der Waals surface area contributed by atoms with Gasteiger partial charge in [0, 0.05) is 25.2 Å². The largest absolute Gasteiger partial charge is 0.379 e. The number of rotatable bonds is 2. The summed E-state index contributed by atoms with van der Waals surface area (Å²) in [6.45, 7) is 2.09. The van der Waals surface area contributed by atoms with E-state index in [2.05, 4.69) is 10.6 Å². The Morgan fingerprint density at radius 3 is 2.88 bits per heavy atom. The van der Waals surface area contributed by atoms with Gasteiger partial charge in [0.25, 0.3) is 0 Å². The highest BCUT2D eigenvalue weighted by Gasteiger charge is 2.52. The topological polar surface area (TPSA) is 85.6 Å². The van der Waals surface area contributed by atoms with Crippen molar-refractivity contribution in [2.75, 3.05) is 19.8 Å². The van der Waals surface area contributed by atoms with E-state index in [-0.39, 0.29) is 30.3 Å². The molecule has 0 aromatic heterocycles. The second-order valence-corrected chi connectivity index (χ2v) is 5.07. The molecule has 0 spiro atoms. The number of nitrogens with one attached hydrogen (secondary N) is 2. The summed E-state index contributed by atoms with van der Waals surface area (Å²) in [5.74, 6) is 0.426. The molecular weight excluding hydrogens is 222 g/mol. The van der Waals surface area contributed by atoms with Crippen LogP contribution in [0.25, 0.3) is 0 Å². The number of hydrogen-bond acceptors (Lipinski definition) is 4. The van der Waals surface area contributed by atoms with Gasteiger partial charge in [-0.05, 0) is 12.8 Å². The van der Waals surface area contributed by atoms with Gasteiger partial charge in [0.1, 0.15) is 0 Å². The first-order valence-corrected chi connectivity index (χ1v) is 6.27. The molecule has 2 heterocycles. The number of nitrogens with two attached hydrogens (primary N) is 1.